The molecule has 0 spiro atoms. The summed E-state index contributed by atoms with van der Waals surface area (Å²) in [5.41, 5.74) is 0.681. The number of piperidine rings is 1. The van der Waals surface area contributed by atoms with Gasteiger partial charge in [0.25, 0.3) is 0 Å². The van der Waals surface area contributed by atoms with Crippen molar-refractivity contribution in [2.24, 2.45) is 5.92 Å². The Hall–Kier alpha value is -2.16. The molecule has 0 unspecified atom stereocenters. The van der Waals surface area contributed by atoms with E-state index < -0.39 is 10.0 Å². The zero-order valence-corrected chi connectivity index (χ0v) is 18.0. The number of halogens is 2. The first-order valence-electron chi connectivity index (χ1n) is 9.72. The monoisotopic (exact) mass is 454 g/mol. The molecule has 2 aromatic carbocycles. The number of ether oxygens (including phenoxy) is 1. The molecule has 9 heteroatoms. The predicted molar refractivity (Wildman–Crippen MR) is 113 cm³/mol. The first-order valence-corrected chi connectivity index (χ1v) is 11.7. The Labute approximate surface area is 181 Å². The Morgan fingerprint density at radius 3 is 2.37 bits per heavy atom. The van der Waals surface area contributed by atoms with Gasteiger partial charge >= 0.3 is 0 Å². The second-order valence-electron chi connectivity index (χ2n) is 7.15. The highest BCUT2D eigenvalue weighted by Gasteiger charge is 2.31. The van der Waals surface area contributed by atoms with Crippen LogP contribution in [-0.4, -0.2) is 44.9 Å². The molecule has 0 saturated carbocycles. The molecule has 0 aromatic heterocycles. The number of nitrogens with zero attached hydrogens (tertiary/aromatic N) is 1. The van der Waals surface area contributed by atoms with E-state index in [1.807, 2.05) is 0 Å². The van der Waals surface area contributed by atoms with E-state index in [0.717, 1.165) is 0 Å². The highest BCUT2D eigenvalue weighted by molar-refractivity contribution is 7.88. The molecule has 30 heavy (non-hydrogen) atoms. The average molecular weight is 455 g/mol. The number of benzene rings is 2. The standard InChI is InChI=1S/C21H24ClFN2O4S/c22-18-3-1-16(2-4-18)15-30(27,28)25-12-9-17(10-13-25)21(26)24-11-14-29-20-7-5-19(23)6-8-20/h1-8,17H,9-15H2,(H,24,26). The molecule has 1 aliphatic rings. The van der Waals surface area contributed by atoms with Crippen molar-refractivity contribution in [3.8, 4) is 5.75 Å². The van der Waals surface area contributed by atoms with Crippen LogP contribution in [0.15, 0.2) is 48.5 Å². The van der Waals surface area contributed by atoms with Crippen LogP contribution in [-0.2, 0) is 20.6 Å². The normalized spacial score (nSPS) is 15.7. The molecule has 1 aliphatic heterocycles. The minimum Gasteiger partial charge on any atom is -0.492 e. The van der Waals surface area contributed by atoms with Crippen LogP contribution in [0.1, 0.15) is 18.4 Å². The summed E-state index contributed by atoms with van der Waals surface area (Å²) in [6.45, 7) is 1.23. The zero-order valence-electron chi connectivity index (χ0n) is 16.4. The third-order valence-electron chi connectivity index (χ3n) is 4.96. The summed E-state index contributed by atoms with van der Waals surface area (Å²) in [6.07, 6.45) is 0.953. The van der Waals surface area contributed by atoms with Crippen LogP contribution in [0.25, 0.3) is 0 Å². The van der Waals surface area contributed by atoms with E-state index in [0.29, 0.717) is 48.8 Å². The van der Waals surface area contributed by atoms with Crippen LogP contribution >= 0.6 is 11.6 Å². The Morgan fingerprint density at radius 1 is 1.10 bits per heavy atom. The molecular formula is C21H24ClFN2O4S. The van der Waals surface area contributed by atoms with Gasteiger partial charge < -0.3 is 10.1 Å². The van der Waals surface area contributed by atoms with Gasteiger partial charge in [-0.05, 0) is 54.8 Å². The highest BCUT2D eigenvalue weighted by Crippen LogP contribution is 2.22. The van der Waals surface area contributed by atoms with Gasteiger partial charge in [0.15, 0.2) is 0 Å². The summed E-state index contributed by atoms with van der Waals surface area (Å²) in [5, 5.41) is 3.38. The molecule has 1 heterocycles. The van der Waals surface area contributed by atoms with E-state index >= 15 is 0 Å². The topological polar surface area (TPSA) is 75.7 Å². The van der Waals surface area contributed by atoms with Crippen molar-refractivity contribution in [2.45, 2.75) is 18.6 Å². The molecule has 0 aliphatic carbocycles. The maximum atomic E-state index is 12.9. The van der Waals surface area contributed by atoms with Crippen LogP contribution in [0, 0.1) is 11.7 Å². The fraction of sp³-hybridized carbons (Fsp3) is 0.381. The summed E-state index contributed by atoms with van der Waals surface area (Å²) in [7, 11) is -3.44. The third-order valence-corrected chi connectivity index (χ3v) is 7.07. The summed E-state index contributed by atoms with van der Waals surface area (Å²) in [5.74, 6) is -0.214. The smallest absolute Gasteiger partial charge is 0.223 e. The number of amides is 1. The molecule has 1 N–H and O–H groups in total. The molecular weight excluding hydrogens is 431 g/mol. The second kappa shape index (κ2) is 10.2. The van der Waals surface area contributed by atoms with Crippen molar-refractivity contribution >= 4 is 27.5 Å². The first-order chi connectivity index (χ1) is 14.3. The minimum atomic E-state index is -3.44. The molecule has 1 fully saturated rings. The lowest BCUT2D eigenvalue weighted by atomic mass is 9.97. The lowest BCUT2D eigenvalue weighted by molar-refractivity contribution is -0.126. The van der Waals surface area contributed by atoms with Gasteiger partial charge in [-0.25, -0.2) is 17.1 Å². The zero-order chi connectivity index (χ0) is 21.6. The molecule has 1 saturated heterocycles. The van der Waals surface area contributed by atoms with E-state index in [4.69, 9.17) is 16.3 Å². The van der Waals surface area contributed by atoms with Crippen LogP contribution in [0.5, 0.6) is 5.75 Å². The van der Waals surface area contributed by atoms with E-state index in [9.17, 15) is 17.6 Å². The lowest BCUT2D eigenvalue weighted by Gasteiger charge is -2.30. The van der Waals surface area contributed by atoms with E-state index in [2.05, 4.69) is 5.32 Å². The van der Waals surface area contributed by atoms with Crippen LogP contribution in [0.4, 0.5) is 4.39 Å². The summed E-state index contributed by atoms with van der Waals surface area (Å²) < 4.78 is 45.0. The Morgan fingerprint density at radius 2 is 1.73 bits per heavy atom. The Kier molecular flexibility index (Phi) is 7.69. The molecule has 3 rings (SSSR count). The summed E-state index contributed by atoms with van der Waals surface area (Å²) in [6, 6.07) is 12.4. The molecule has 6 nitrogen and oxygen atoms in total. The molecule has 2 aromatic rings. The number of nitrogens with one attached hydrogen (secondary N) is 1. The molecule has 0 atom stereocenters. The number of rotatable bonds is 8. The predicted octanol–water partition coefficient (Wildman–Crippen LogP) is 3.22. The third kappa shape index (κ3) is 6.42. The van der Waals surface area contributed by atoms with Gasteiger partial charge in [-0.1, -0.05) is 23.7 Å². The average Bonchev–Trinajstić information content (AvgIpc) is 2.74. The maximum absolute atomic E-state index is 12.9. The van der Waals surface area contributed by atoms with Gasteiger partial charge in [0.1, 0.15) is 18.2 Å². The van der Waals surface area contributed by atoms with Crippen molar-refractivity contribution < 1.29 is 22.3 Å². The number of carbonyl (C=O) groups excluding carboxylic acids is 1. The number of hydrogen-bond donors (Lipinski definition) is 1. The van der Waals surface area contributed by atoms with Gasteiger partial charge in [-0.2, -0.15) is 0 Å². The van der Waals surface area contributed by atoms with Crippen LogP contribution < -0.4 is 10.1 Å². The molecule has 0 bridgehead atoms. The van der Waals surface area contributed by atoms with Crippen molar-refractivity contribution in [1.29, 1.82) is 0 Å². The fourth-order valence-electron chi connectivity index (χ4n) is 3.30. The van der Waals surface area contributed by atoms with Gasteiger partial charge in [0, 0.05) is 24.0 Å². The Balaban J connectivity index is 1.40. The molecule has 0 radical (unpaired) electrons. The van der Waals surface area contributed by atoms with Crippen molar-refractivity contribution in [3.63, 3.8) is 0 Å². The van der Waals surface area contributed by atoms with E-state index in [1.165, 1.54) is 28.6 Å². The second-order valence-corrected chi connectivity index (χ2v) is 9.55. The SMILES string of the molecule is O=C(NCCOc1ccc(F)cc1)C1CCN(S(=O)(=O)Cc2ccc(Cl)cc2)CC1. The van der Waals surface area contributed by atoms with Gasteiger partial charge in [-0.3, -0.25) is 4.79 Å². The van der Waals surface area contributed by atoms with Crippen LogP contribution in [0.2, 0.25) is 5.02 Å². The number of sulfonamides is 1. The number of hydrogen-bond acceptors (Lipinski definition) is 4. The van der Waals surface area contributed by atoms with Crippen molar-refractivity contribution in [1.82, 2.24) is 9.62 Å². The van der Waals surface area contributed by atoms with Gasteiger partial charge in [0.2, 0.25) is 15.9 Å². The summed E-state index contributed by atoms with van der Waals surface area (Å²) >= 11 is 5.84. The minimum absolute atomic E-state index is 0.0816. The van der Waals surface area contributed by atoms with E-state index in [1.54, 1.807) is 24.3 Å². The first kappa shape index (κ1) is 22.5. The lowest BCUT2D eigenvalue weighted by Crippen LogP contribution is -2.43. The fourth-order valence-corrected chi connectivity index (χ4v) is 4.99. The van der Waals surface area contributed by atoms with Crippen molar-refractivity contribution in [3.05, 3.63) is 64.9 Å². The number of carbonyl (C=O) groups is 1. The maximum Gasteiger partial charge on any atom is 0.223 e. The van der Waals surface area contributed by atoms with Gasteiger partial charge in [0.05, 0.1) is 12.3 Å². The highest BCUT2D eigenvalue weighted by atomic mass is 35.5. The quantitative estimate of drug-likeness (QED) is 0.621. The van der Waals surface area contributed by atoms with Crippen molar-refractivity contribution in [2.75, 3.05) is 26.2 Å². The largest absolute Gasteiger partial charge is 0.492 e. The Bertz CT molecular complexity index is 944. The summed E-state index contributed by atoms with van der Waals surface area (Å²) in [4.78, 5) is 12.3. The molecule has 162 valence electrons. The van der Waals surface area contributed by atoms with Crippen LogP contribution in [0.3, 0.4) is 0 Å². The van der Waals surface area contributed by atoms with Gasteiger partial charge in [-0.15, -0.1) is 0 Å². The molecule has 1 amide bonds. The van der Waals surface area contributed by atoms with E-state index in [-0.39, 0.29) is 30.0 Å².